The molecule has 0 radical (unpaired) electrons. The van der Waals surface area contributed by atoms with Crippen molar-refractivity contribution in [1.29, 1.82) is 0 Å². The number of halogens is 1. The number of nitrogens with one attached hydrogen (secondary N) is 1. The predicted octanol–water partition coefficient (Wildman–Crippen LogP) is 4.51. The van der Waals surface area contributed by atoms with Gasteiger partial charge in [0.05, 0.1) is 11.3 Å². The number of amides is 2. The SMILES string of the molecule is CC[C@@H](CC(C)=O)C(=O)Nc1ccc(Br)cc1C(=O)N1C[C@H](C)C[C@H](C)C1. The summed E-state index contributed by atoms with van der Waals surface area (Å²) in [5, 5.41) is 2.88. The van der Waals surface area contributed by atoms with Crippen LogP contribution in [0.25, 0.3) is 0 Å². The minimum atomic E-state index is -0.385. The van der Waals surface area contributed by atoms with Crippen molar-refractivity contribution >= 4 is 39.2 Å². The second kappa shape index (κ2) is 9.49. The van der Waals surface area contributed by atoms with E-state index in [1.807, 2.05) is 11.8 Å². The fourth-order valence-corrected chi connectivity index (χ4v) is 4.17. The first kappa shape index (κ1) is 21.6. The molecule has 0 aliphatic carbocycles. The maximum atomic E-state index is 13.2. The predicted molar refractivity (Wildman–Crippen MR) is 111 cm³/mol. The van der Waals surface area contributed by atoms with Gasteiger partial charge in [0.15, 0.2) is 0 Å². The van der Waals surface area contributed by atoms with E-state index in [0.717, 1.165) is 24.0 Å². The molecule has 0 saturated carbocycles. The van der Waals surface area contributed by atoms with Gasteiger partial charge in [-0.3, -0.25) is 9.59 Å². The number of carbonyl (C=O) groups is 3. The Morgan fingerprint density at radius 1 is 1.22 bits per heavy atom. The summed E-state index contributed by atoms with van der Waals surface area (Å²) in [5.41, 5.74) is 0.984. The van der Waals surface area contributed by atoms with Crippen molar-refractivity contribution in [3.05, 3.63) is 28.2 Å². The van der Waals surface area contributed by atoms with Crippen LogP contribution in [-0.2, 0) is 9.59 Å². The van der Waals surface area contributed by atoms with E-state index in [9.17, 15) is 14.4 Å². The lowest BCUT2D eigenvalue weighted by atomic mass is 9.91. The molecule has 1 aliphatic heterocycles. The zero-order valence-electron chi connectivity index (χ0n) is 16.5. The Kier molecular flexibility index (Phi) is 7.59. The summed E-state index contributed by atoms with van der Waals surface area (Å²) in [6.45, 7) is 9.15. The highest BCUT2D eigenvalue weighted by molar-refractivity contribution is 9.10. The molecule has 1 N–H and O–H groups in total. The van der Waals surface area contributed by atoms with E-state index in [1.165, 1.54) is 6.92 Å². The van der Waals surface area contributed by atoms with E-state index in [2.05, 4.69) is 35.1 Å². The Labute approximate surface area is 170 Å². The highest BCUT2D eigenvalue weighted by Gasteiger charge is 2.28. The van der Waals surface area contributed by atoms with Gasteiger partial charge in [-0.1, -0.05) is 36.7 Å². The Hall–Kier alpha value is -1.69. The largest absolute Gasteiger partial charge is 0.338 e. The summed E-state index contributed by atoms with van der Waals surface area (Å²) >= 11 is 3.43. The van der Waals surface area contributed by atoms with E-state index in [1.54, 1.807) is 18.2 Å². The number of Topliss-reactive ketones (excluding diaryl/α,β-unsaturated/α-hetero) is 1. The van der Waals surface area contributed by atoms with Crippen LogP contribution in [0.4, 0.5) is 5.69 Å². The van der Waals surface area contributed by atoms with Crippen LogP contribution in [0.15, 0.2) is 22.7 Å². The second-order valence-electron chi connectivity index (χ2n) is 7.85. The van der Waals surface area contributed by atoms with Crippen molar-refractivity contribution in [2.24, 2.45) is 17.8 Å². The molecule has 0 aromatic heterocycles. The lowest BCUT2D eigenvalue weighted by Crippen LogP contribution is -2.42. The zero-order valence-corrected chi connectivity index (χ0v) is 18.1. The monoisotopic (exact) mass is 436 g/mol. The van der Waals surface area contributed by atoms with Gasteiger partial charge in [0.25, 0.3) is 5.91 Å². The first-order valence-corrected chi connectivity index (χ1v) is 10.4. The fraction of sp³-hybridized carbons (Fsp3) is 0.571. The minimum absolute atomic E-state index is 0.0135. The molecule has 27 heavy (non-hydrogen) atoms. The third-order valence-electron chi connectivity index (χ3n) is 5.02. The van der Waals surface area contributed by atoms with E-state index in [4.69, 9.17) is 0 Å². The Morgan fingerprint density at radius 2 is 1.85 bits per heavy atom. The molecule has 6 heteroatoms. The van der Waals surface area contributed by atoms with Crippen molar-refractivity contribution in [3.8, 4) is 0 Å². The number of likely N-dealkylation sites (tertiary alicyclic amines) is 1. The number of hydrogen-bond donors (Lipinski definition) is 1. The maximum absolute atomic E-state index is 13.2. The summed E-state index contributed by atoms with van der Waals surface area (Å²) < 4.78 is 0.790. The topological polar surface area (TPSA) is 66.5 Å². The molecular weight excluding hydrogens is 408 g/mol. The molecular formula is C21H29BrN2O3. The molecule has 0 bridgehead atoms. The molecule has 5 nitrogen and oxygen atoms in total. The molecule has 1 heterocycles. The third kappa shape index (κ3) is 5.89. The quantitative estimate of drug-likeness (QED) is 0.712. The molecule has 0 spiro atoms. The number of carbonyl (C=O) groups excluding carboxylic acids is 3. The standard InChI is InChI=1S/C21H29BrN2O3/c1-5-16(9-15(4)25)20(26)23-19-7-6-17(22)10-18(19)21(27)24-11-13(2)8-14(3)12-24/h6-7,10,13-14,16H,5,8-9,11-12H2,1-4H3,(H,23,26)/t13-,14+,16-/m0/s1. The number of ketones is 1. The van der Waals surface area contributed by atoms with Crippen LogP contribution in [0.3, 0.4) is 0 Å². The second-order valence-corrected chi connectivity index (χ2v) is 8.76. The fourth-order valence-electron chi connectivity index (χ4n) is 3.81. The molecule has 3 atom stereocenters. The Balaban J connectivity index is 2.24. The highest BCUT2D eigenvalue weighted by atomic mass is 79.9. The molecule has 1 aliphatic rings. The summed E-state index contributed by atoms with van der Waals surface area (Å²) in [5.74, 6) is 0.240. The summed E-state index contributed by atoms with van der Waals surface area (Å²) in [6.07, 6.45) is 1.91. The summed E-state index contributed by atoms with van der Waals surface area (Å²) in [7, 11) is 0. The molecule has 0 unspecified atom stereocenters. The van der Waals surface area contributed by atoms with Gasteiger partial charge in [0.2, 0.25) is 5.91 Å². The van der Waals surface area contributed by atoms with Gasteiger partial charge >= 0.3 is 0 Å². The number of nitrogens with zero attached hydrogens (tertiary/aromatic N) is 1. The van der Waals surface area contributed by atoms with E-state index in [0.29, 0.717) is 29.5 Å². The molecule has 148 valence electrons. The maximum Gasteiger partial charge on any atom is 0.256 e. The zero-order chi connectivity index (χ0) is 20.1. The molecule has 2 rings (SSSR count). The van der Waals surface area contributed by atoms with Crippen LogP contribution in [0.1, 0.15) is 57.3 Å². The molecule has 2 amide bonds. The van der Waals surface area contributed by atoms with Crippen LogP contribution in [0.2, 0.25) is 0 Å². The Bertz CT molecular complexity index is 709. The molecule has 1 aromatic rings. The highest BCUT2D eigenvalue weighted by Crippen LogP contribution is 2.27. The van der Waals surface area contributed by atoms with E-state index in [-0.39, 0.29) is 29.9 Å². The minimum Gasteiger partial charge on any atom is -0.338 e. The van der Waals surface area contributed by atoms with Gasteiger partial charge in [-0.2, -0.15) is 0 Å². The van der Waals surface area contributed by atoms with Crippen LogP contribution in [0, 0.1) is 17.8 Å². The van der Waals surface area contributed by atoms with Crippen LogP contribution in [0.5, 0.6) is 0 Å². The molecule has 1 saturated heterocycles. The van der Waals surface area contributed by atoms with Gasteiger partial charge in [-0.05, 0) is 49.8 Å². The lowest BCUT2D eigenvalue weighted by molar-refractivity contribution is -0.125. The third-order valence-corrected chi connectivity index (χ3v) is 5.52. The first-order valence-electron chi connectivity index (χ1n) is 9.60. The van der Waals surface area contributed by atoms with Crippen molar-refractivity contribution in [2.45, 2.75) is 47.0 Å². The smallest absolute Gasteiger partial charge is 0.256 e. The number of anilines is 1. The summed E-state index contributed by atoms with van der Waals surface area (Å²) in [4.78, 5) is 39.1. The van der Waals surface area contributed by atoms with Gasteiger partial charge in [0.1, 0.15) is 5.78 Å². The number of benzene rings is 1. The van der Waals surface area contributed by atoms with Gasteiger partial charge in [-0.25, -0.2) is 0 Å². The number of hydrogen-bond acceptors (Lipinski definition) is 3. The summed E-state index contributed by atoms with van der Waals surface area (Å²) in [6, 6.07) is 5.31. The van der Waals surface area contributed by atoms with Crippen molar-refractivity contribution < 1.29 is 14.4 Å². The normalized spacial score (nSPS) is 20.9. The van der Waals surface area contributed by atoms with Crippen molar-refractivity contribution in [3.63, 3.8) is 0 Å². The van der Waals surface area contributed by atoms with E-state index < -0.39 is 0 Å². The van der Waals surface area contributed by atoms with E-state index >= 15 is 0 Å². The first-order chi connectivity index (χ1) is 12.7. The van der Waals surface area contributed by atoms with Gasteiger partial charge in [0, 0.05) is 29.9 Å². The van der Waals surface area contributed by atoms with Crippen LogP contribution >= 0.6 is 15.9 Å². The average Bonchev–Trinajstić information content (AvgIpc) is 2.59. The molecule has 1 aromatic carbocycles. The van der Waals surface area contributed by atoms with Crippen molar-refractivity contribution in [2.75, 3.05) is 18.4 Å². The average molecular weight is 437 g/mol. The number of piperidine rings is 1. The van der Waals surface area contributed by atoms with Crippen LogP contribution < -0.4 is 5.32 Å². The lowest BCUT2D eigenvalue weighted by Gasteiger charge is -2.35. The molecule has 1 fully saturated rings. The number of rotatable bonds is 6. The van der Waals surface area contributed by atoms with Crippen LogP contribution in [-0.4, -0.2) is 35.6 Å². The van der Waals surface area contributed by atoms with Gasteiger partial charge in [-0.15, -0.1) is 0 Å². The Morgan fingerprint density at radius 3 is 2.41 bits per heavy atom. The van der Waals surface area contributed by atoms with Crippen molar-refractivity contribution in [1.82, 2.24) is 4.90 Å². The van der Waals surface area contributed by atoms with Gasteiger partial charge < -0.3 is 15.0 Å².